The van der Waals surface area contributed by atoms with Crippen molar-refractivity contribution in [3.63, 3.8) is 0 Å². The molecule has 4 rings (SSSR count). The van der Waals surface area contributed by atoms with Gasteiger partial charge in [-0.05, 0) is 48.5 Å². The van der Waals surface area contributed by atoms with Crippen molar-refractivity contribution in [2.24, 2.45) is 10.2 Å². The molecule has 1 aliphatic heterocycles. The Morgan fingerprint density at radius 1 is 1.22 bits per heavy atom. The fourth-order valence-electron chi connectivity index (χ4n) is 3.43. The van der Waals surface area contributed by atoms with Crippen molar-refractivity contribution in [3.05, 3.63) is 84.1 Å². The van der Waals surface area contributed by atoms with E-state index in [9.17, 15) is 9.59 Å². The first-order valence-corrected chi connectivity index (χ1v) is 12.2. The highest BCUT2D eigenvalue weighted by atomic mass is 35.5. The minimum Gasteiger partial charge on any atom is -0.497 e. The molecular weight excluding hydrogens is 500 g/mol. The van der Waals surface area contributed by atoms with Crippen LogP contribution in [0, 0.1) is 0 Å². The summed E-state index contributed by atoms with van der Waals surface area (Å²) in [7, 11) is 1.57. The molecular formula is C26H23ClN4O4S. The van der Waals surface area contributed by atoms with Gasteiger partial charge in [-0.25, -0.2) is 0 Å². The van der Waals surface area contributed by atoms with E-state index >= 15 is 0 Å². The predicted octanol–water partition coefficient (Wildman–Crippen LogP) is 5.46. The van der Waals surface area contributed by atoms with Crippen molar-refractivity contribution in [2.75, 3.05) is 19.0 Å². The molecule has 1 unspecified atom stereocenters. The Bertz CT molecular complexity index is 1320. The van der Waals surface area contributed by atoms with Crippen LogP contribution in [0.4, 0.5) is 5.69 Å². The van der Waals surface area contributed by atoms with Crippen LogP contribution in [-0.2, 0) is 9.59 Å². The molecule has 8 nitrogen and oxygen atoms in total. The van der Waals surface area contributed by atoms with Crippen molar-refractivity contribution in [1.29, 1.82) is 0 Å². The highest BCUT2D eigenvalue weighted by molar-refractivity contribution is 8.15. The van der Waals surface area contributed by atoms with E-state index in [4.69, 9.17) is 20.8 Å². The van der Waals surface area contributed by atoms with Crippen LogP contribution in [0.3, 0.4) is 0 Å². The number of thioether (sulfide) groups is 1. The summed E-state index contributed by atoms with van der Waals surface area (Å²) >= 11 is 7.41. The zero-order valence-electron chi connectivity index (χ0n) is 19.4. The zero-order valence-corrected chi connectivity index (χ0v) is 21.0. The summed E-state index contributed by atoms with van der Waals surface area (Å²) in [4.78, 5) is 26.9. The average Bonchev–Trinajstić information content (AvgIpc) is 3.45. The number of halogens is 1. The highest BCUT2D eigenvalue weighted by Crippen LogP contribution is 2.31. The van der Waals surface area contributed by atoms with Crippen molar-refractivity contribution < 1.29 is 18.7 Å². The predicted molar refractivity (Wildman–Crippen MR) is 144 cm³/mol. The largest absolute Gasteiger partial charge is 0.497 e. The van der Waals surface area contributed by atoms with Crippen molar-refractivity contribution >= 4 is 52.2 Å². The summed E-state index contributed by atoms with van der Waals surface area (Å²) in [6.07, 6.45) is 3.04. The van der Waals surface area contributed by atoms with Crippen molar-refractivity contribution in [3.8, 4) is 17.1 Å². The molecule has 0 bridgehead atoms. The highest BCUT2D eigenvalue weighted by Gasteiger charge is 2.38. The van der Waals surface area contributed by atoms with Gasteiger partial charge in [-0.2, -0.15) is 5.10 Å². The van der Waals surface area contributed by atoms with Crippen LogP contribution in [0.1, 0.15) is 12.2 Å². The van der Waals surface area contributed by atoms with Gasteiger partial charge in [-0.1, -0.05) is 41.6 Å². The maximum absolute atomic E-state index is 12.9. The first-order valence-electron chi connectivity index (χ1n) is 11.0. The first kappa shape index (κ1) is 25.3. The molecule has 1 N–H and O–H groups in total. The number of hydrogen-bond acceptors (Lipinski definition) is 7. The summed E-state index contributed by atoms with van der Waals surface area (Å²) in [5.41, 5.74) is 1.39. The van der Waals surface area contributed by atoms with E-state index in [0.29, 0.717) is 33.1 Å². The number of methoxy groups -OCH3 is 1. The number of rotatable bonds is 9. The molecule has 1 aliphatic rings. The van der Waals surface area contributed by atoms with E-state index in [2.05, 4.69) is 22.1 Å². The first-order chi connectivity index (χ1) is 17.5. The third kappa shape index (κ3) is 6.05. The van der Waals surface area contributed by atoms with E-state index in [0.717, 1.165) is 5.56 Å². The number of benzene rings is 2. The summed E-state index contributed by atoms with van der Waals surface area (Å²) in [6, 6.07) is 17.9. The van der Waals surface area contributed by atoms with Gasteiger partial charge in [0.05, 0.1) is 18.3 Å². The molecule has 1 saturated heterocycles. The summed E-state index contributed by atoms with van der Waals surface area (Å²) in [5.74, 6) is 1.27. The van der Waals surface area contributed by atoms with Gasteiger partial charge in [0, 0.05) is 24.2 Å². The number of amidine groups is 1. The molecule has 2 aromatic carbocycles. The number of amides is 2. The van der Waals surface area contributed by atoms with Gasteiger partial charge < -0.3 is 14.5 Å². The van der Waals surface area contributed by atoms with Crippen LogP contribution in [0.25, 0.3) is 11.3 Å². The van der Waals surface area contributed by atoms with Gasteiger partial charge in [0.1, 0.15) is 22.5 Å². The fourth-order valence-corrected chi connectivity index (χ4v) is 4.76. The number of furan rings is 1. The lowest BCUT2D eigenvalue weighted by Crippen LogP contribution is -2.33. The molecule has 36 heavy (non-hydrogen) atoms. The summed E-state index contributed by atoms with van der Waals surface area (Å²) in [5, 5.41) is 11.4. The Morgan fingerprint density at radius 2 is 2.00 bits per heavy atom. The maximum Gasteiger partial charge on any atom is 0.243 e. The Hall–Kier alpha value is -3.82. The number of carbonyl (C=O) groups excluding carboxylic acids is 2. The second-order valence-electron chi connectivity index (χ2n) is 7.63. The van der Waals surface area contributed by atoms with E-state index in [1.54, 1.807) is 55.7 Å². The number of nitrogens with one attached hydrogen (secondary N) is 1. The molecule has 1 atom stereocenters. The van der Waals surface area contributed by atoms with Gasteiger partial charge >= 0.3 is 0 Å². The quantitative estimate of drug-likeness (QED) is 0.229. The normalized spacial score (nSPS) is 16.6. The molecule has 2 amide bonds. The minimum atomic E-state index is -0.618. The van der Waals surface area contributed by atoms with Gasteiger partial charge in [0.25, 0.3) is 0 Å². The van der Waals surface area contributed by atoms with Crippen LogP contribution in [0.5, 0.6) is 5.75 Å². The van der Waals surface area contributed by atoms with E-state index in [1.807, 2.05) is 18.2 Å². The van der Waals surface area contributed by atoms with E-state index < -0.39 is 5.25 Å². The lowest BCUT2D eigenvalue weighted by molar-refractivity contribution is -0.127. The molecule has 184 valence electrons. The third-order valence-corrected chi connectivity index (χ3v) is 6.67. The van der Waals surface area contributed by atoms with E-state index in [-0.39, 0.29) is 24.8 Å². The maximum atomic E-state index is 12.9. The molecule has 1 aromatic heterocycles. The molecule has 0 aliphatic carbocycles. The Morgan fingerprint density at radius 3 is 2.72 bits per heavy atom. The third-order valence-electron chi connectivity index (χ3n) is 5.17. The van der Waals surface area contributed by atoms with Gasteiger partial charge in [-0.15, -0.1) is 11.7 Å². The average molecular weight is 523 g/mol. The smallest absolute Gasteiger partial charge is 0.243 e. The minimum absolute atomic E-state index is 0.00865. The second kappa shape index (κ2) is 11.7. The lowest BCUT2D eigenvalue weighted by atomic mass is 10.2. The summed E-state index contributed by atoms with van der Waals surface area (Å²) in [6.45, 7) is 3.96. The van der Waals surface area contributed by atoms with E-state index in [1.165, 1.54) is 22.9 Å². The summed E-state index contributed by atoms with van der Waals surface area (Å²) < 4.78 is 10.9. The monoisotopic (exact) mass is 522 g/mol. The zero-order chi connectivity index (χ0) is 25.5. The van der Waals surface area contributed by atoms with Crippen molar-refractivity contribution in [1.82, 2.24) is 4.90 Å². The molecule has 0 radical (unpaired) electrons. The van der Waals surface area contributed by atoms with Crippen LogP contribution in [0.15, 0.2) is 87.9 Å². The standard InChI is InChI=1S/C26H23ClN4O4S/c1-3-14-31-25(33)23(15-24(32)29-17-8-10-18(34-2)11-9-17)36-26(31)30-28-16-19-12-13-22(35-19)20-6-4-5-7-21(20)27/h3-13,16,23H,1,14-15H2,2H3,(H,29,32)/b28-16+,30-26-. The van der Waals surface area contributed by atoms with Crippen molar-refractivity contribution in [2.45, 2.75) is 11.7 Å². The Balaban J connectivity index is 1.42. The lowest BCUT2D eigenvalue weighted by Gasteiger charge is -2.12. The topological polar surface area (TPSA) is 96.5 Å². The van der Waals surface area contributed by atoms with Gasteiger partial charge in [-0.3, -0.25) is 14.5 Å². The fraction of sp³-hybridized carbons (Fsp3) is 0.154. The second-order valence-corrected chi connectivity index (χ2v) is 9.21. The number of ether oxygens (including phenoxy) is 1. The van der Waals surface area contributed by atoms with Gasteiger partial charge in [0.2, 0.25) is 11.8 Å². The molecule has 10 heteroatoms. The number of hydrogen-bond donors (Lipinski definition) is 1. The molecule has 3 aromatic rings. The molecule has 0 saturated carbocycles. The Labute approximate surface area is 217 Å². The number of nitrogens with zero attached hydrogens (tertiary/aromatic N) is 3. The molecule has 1 fully saturated rings. The number of anilines is 1. The van der Waals surface area contributed by atoms with Gasteiger partial charge in [0.15, 0.2) is 5.17 Å². The van der Waals surface area contributed by atoms with Crippen LogP contribution < -0.4 is 10.1 Å². The van der Waals surface area contributed by atoms with Crippen LogP contribution >= 0.6 is 23.4 Å². The number of carbonyl (C=O) groups is 2. The molecule has 0 spiro atoms. The van der Waals surface area contributed by atoms with Crippen LogP contribution in [0.2, 0.25) is 5.02 Å². The Kier molecular flexibility index (Phi) is 8.24. The SMILES string of the molecule is C=CCN1C(=O)C(CC(=O)Nc2ccc(OC)cc2)S/C1=N\N=C\c1ccc(-c2ccccc2Cl)o1. The van der Waals surface area contributed by atoms with Crippen LogP contribution in [-0.4, -0.2) is 47.0 Å². The molecule has 2 heterocycles.